The van der Waals surface area contributed by atoms with Gasteiger partial charge in [-0.15, -0.1) is 0 Å². The van der Waals surface area contributed by atoms with Crippen molar-refractivity contribution in [3.8, 4) is 17.2 Å². The molecule has 4 amide bonds. The standard InChI is InChI=1S/C46H53N13O7/c1-7-51-35(20-27(3)47)43(62)54-45-52-33-22-29(41(48)60)24-37(64-6)39(33)57(45)16-9-10-17-58-40-34(53-46(58)55-44(63)36-21-28(4)56-59(36)8-2)23-30(42(49)61)25-38(40)66-19-12-11-18-65-32-15-13-14-31(26-32)50-5/h9-15,20-26,50H,7-8,16-19,47H2,1-6H3,(H2,48,60)(H2,49,61)(H,52,54,62)(H,53,55,63)/b10-9+,12-11+,27-20-,51-35?. The second kappa shape index (κ2) is 21.3. The molecule has 3 heterocycles. The third-order valence-corrected chi connectivity index (χ3v) is 9.93. The lowest BCUT2D eigenvalue weighted by atomic mass is 10.1. The van der Waals surface area contributed by atoms with Gasteiger partial charge in [-0.25, -0.2) is 9.97 Å². The average Bonchev–Trinajstić information content (AvgIpc) is 3.97. The summed E-state index contributed by atoms with van der Waals surface area (Å²) in [7, 11) is 3.27. The first kappa shape index (κ1) is 47.1. The number of primary amides is 2. The van der Waals surface area contributed by atoms with Crippen LogP contribution in [-0.4, -0.2) is 92.1 Å². The van der Waals surface area contributed by atoms with Crippen molar-refractivity contribution < 1.29 is 33.4 Å². The van der Waals surface area contributed by atoms with Crippen LogP contribution in [0.15, 0.2) is 95.7 Å². The average molecular weight is 900 g/mol. The number of aliphatic imine (C=N–C) groups is 1. The summed E-state index contributed by atoms with van der Waals surface area (Å²) in [6.45, 7) is 8.47. The van der Waals surface area contributed by atoms with Gasteiger partial charge in [0.05, 0.1) is 23.8 Å². The molecule has 0 saturated carbocycles. The van der Waals surface area contributed by atoms with Gasteiger partial charge in [-0.2, -0.15) is 5.10 Å². The number of methoxy groups -OCH3 is 1. The molecular weight excluding hydrogens is 847 g/mol. The molecule has 3 aromatic heterocycles. The molecule has 3 aromatic carbocycles. The van der Waals surface area contributed by atoms with Crippen molar-refractivity contribution in [1.29, 1.82) is 0 Å². The van der Waals surface area contributed by atoms with Crippen LogP contribution in [0.25, 0.3) is 22.1 Å². The van der Waals surface area contributed by atoms with E-state index in [1.54, 1.807) is 52.8 Å². The van der Waals surface area contributed by atoms with E-state index in [9.17, 15) is 19.2 Å². The molecule has 0 aliphatic heterocycles. The molecule has 0 saturated heterocycles. The summed E-state index contributed by atoms with van der Waals surface area (Å²) in [6.07, 6.45) is 8.67. The molecule has 344 valence electrons. The fourth-order valence-corrected chi connectivity index (χ4v) is 6.95. The SMILES string of the molecule is CCN=C(/C=C(/C)N)C(=O)Nc1nc2cc(C(N)=O)cc(OC)c2n1C/C=C/Cn1c(NC(=O)c2cc(C)nn2CC)nc2cc(C(N)=O)cc(OC/C=C/COc3cccc(NC)c3)c21. The van der Waals surface area contributed by atoms with Gasteiger partial charge in [0.25, 0.3) is 11.8 Å². The molecule has 0 fully saturated rings. The molecule has 6 rings (SSSR count). The number of imidazole rings is 2. The van der Waals surface area contributed by atoms with E-state index < -0.39 is 23.6 Å². The monoisotopic (exact) mass is 899 g/mol. The summed E-state index contributed by atoms with van der Waals surface area (Å²) in [5.74, 6) is -0.902. The number of fused-ring (bicyclic) bond motifs is 2. The van der Waals surface area contributed by atoms with E-state index in [0.29, 0.717) is 58.0 Å². The fraction of sp³-hybridized carbons (Fsp3) is 0.261. The van der Waals surface area contributed by atoms with Gasteiger partial charge in [-0.05, 0) is 88.4 Å². The quantitative estimate of drug-likeness (QED) is 0.0414. The van der Waals surface area contributed by atoms with E-state index in [0.717, 1.165) is 5.69 Å². The summed E-state index contributed by atoms with van der Waals surface area (Å²) in [5, 5.41) is 13.3. The molecule has 0 aliphatic rings. The van der Waals surface area contributed by atoms with Crippen molar-refractivity contribution in [2.45, 2.75) is 47.3 Å². The maximum atomic E-state index is 13.8. The fourth-order valence-electron chi connectivity index (χ4n) is 6.95. The lowest BCUT2D eigenvalue weighted by molar-refractivity contribution is -0.110. The normalized spacial score (nSPS) is 12.0. The van der Waals surface area contributed by atoms with Gasteiger partial charge < -0.3 is 45.9 Å². The zero-order valence-electron chi connectivity index (χ0n) is 37.5. The molecular formula is C46H53N13O7. The molecule has 0 aliphatic carbocycles. The number of nitrogens with zero attached hydrogens (tertiary/aromatic N) is 7. The maximum absolute atomic E-state index is 13.8. The second-order valence-corrected chi connectivity index (χ2v) is 14.7. The Morgan fingerprint density at radius 3 is 1.97 bits per heavy atom. The Labute approximate surface area is 380 Å². The summed E-state index contributed by atoms with van der Waals surface area (Å²) in [6, 6.07) is 15.3. The summed E-state index contributed by atoms with van der Waals surface area (Å²) < 4.78 is 22.8. The number of anilines is 3. The Morgan fingerprint density at radius 2 is 1.39 bits per heavy atom. The predicted octanol–water partition coefficient (Wildman–Crippen LogP) is 4.94. The van der Waals surface area contributed by atoms with Crippen molar-refractivity contribution >= 4 is 69.0 Å². The number of nitrogens with two attached hydrogens (primary N) is 3. The van der Waals surface area contributed by atoms with Crippen molar-refractivity contribution in [3.63, 3.8) is 0 Å². The molecule has 66 heavy (non-hydrogen) atoms. The zero-order valence-corrected chi connectivity index (χ0v) is 37.5. The highest BCUT2D eigenvalue weighted by atomic mass is 16.5. The van der Waals surface area contributed by atoms with Gasteiger partial charge in [-0.1, -0.05) is 18.2 Å². The minimum Gasteiger partial charge on any atom is -0.494 e. The third kappa shape index (κ3) is 11.0. The number of aryl methyl sites for hydroxylation is 2. The molecule has 6 aromatic rings. The highest BCUT2D eigenvalue weighted by Crippen LogP contribution is 2.33. The minimum atomic E-state index is -0.701. The predicted molar refractivity (Wildman–Crippen MR) is 253 cm³/mol. The van der Waals surface area contributed by atoms with Gasteiger partial charge in [0, 0.05) is 61.8 Å². The second-order valence-electron chi connectivity index (χ2n) is 14.7. The van der Waals surface area contributed by atoms with E-state index in [1.807, 2.05) is 50.4 Å². The van der Waals surface area contributed by atoms with Crippen molar-refractivity contribution in [3.05, 3.63) is 113 Å². The molecule has 0 spiro atoms. The lowest BCUT2D eigenvalue weighted by Gasteiger charge is -2.13. The maximum Gasteiger partial charge on any atom is 0.276 e. The lowest BCUT2D eigenvalue weighted by Crippen LogP contribution is -2.24. The van der Waals surface area contributed by atoms with Crippen LogP contribution in [0.2, 0.25) is 0 Å². The Kier molecular flexibility index (Phi) is 15.2. The number of aromatic nitrogens is 6. The highest BCUT2D eigenvalue weighted by Gasteiger charge is 2.23. The van der Waals surface area contributed by atoms with Crippen LogP contribution < -0.4 is 47.4 Å². The first-order valence-corrected chi connectivity index (χ1v) is 21.0. The van der Waals surface area contributed by atoms with E-state index in [1.165, 1.54) is 37.5 Å². The number of amides is 4. The van der Waals surface area contributed by atoms with Crippen LogP contribution in [0.1, 0.15) is 57.7 Å². The zero-order chi connectivity index (χ0) is 47.5. The van der Waals surface area contributed by atoms with Crippen LogP contribution >= 0.6 is 0 Å². The Morgan fingerprint density at radius 1 is 0.788 bits per heavy atom. The van der Waals surface area contributed by atoms with E-state index in [4.69, 9.17) is 36.4 Å². The number of carbonyl (C=O) groups excluding carboxylic acids is 4. The van der Waals surface area contributed by atoms with Crippen LogP contribution in [0.5, 0.6) is 17.2 Å². The number of nitrogens with one attached hydrogen (secondary N) is 3. The van der Waals surface area contributed by atoms with Crippen molar-refractivity contribution in [2.24, 2.45) is 22.2 Å². The number of carbonyl (C=O) groups is 4. The van der Waals surface area contributed by atoms with Crippen molar-refractivity contribution in [2.75, 3.05) is 49.9 Å². The first-order valence-electron chi connectivity index (χ1n) is 21.0. The van der Waals surface area contributed by atoms with Crippen LogP contribution in [0.4, 0.5) is 17.6 Å². The number of hydrogen-bond acceptors (Lipinski definition) is 13. The van der Waals surface area contributed by atoms with Crippen LogP contribution in [0, 0.1) is 6.92 Å². The molecule has 0 radical (unpaired) electrons. The number of rotatable bonds is 21. The Hall–Kier alpha value is -8.42. The number of allylic oxidation sites excluding steroid dienone is 3. The molecule has 0 bridgehead atoms. The van der Waals surface area contributed by atoms with Gasteiger partial charge in [0.1, 0.15) is 52.9 Å². The first-order chi connectivity index (χ1) is 31.7. The van der Waals surface area contributed by atoms with Gasteiger partial charge >= 0.3 is 0 Å². The topological polar surface area (TPSA) is 276 Å². The smallest absolute Gasteiger partial charge is 0.276 e. The molecule has 9 N–H and O–H groups in total. The largest absolute Gasteiger partial charge is 0.494 e. The van der Waals surface area contributed by atoms with Gasteiger partial charge in [-0.3, -0.25) is 39.5 Å². The van der Waals surface area contributed by atoms with Crippen LogP contribution in [0.3, 0.4) is 0 Å². The molecule has 20 nitrogen and oxygen atoms in total. The number of benzene rings is 3. The van der Waals surface area contributed by atoms with Gasteiger partial charge in [0.15, 0.2) is 0 Å². The highest BCUT2D eigenvalue weighted by molar-refractivity contribution is 6.47. The Bertz CT molecular complexity index is 2920. The summed E-state index contributed by atoms with van der Waals surface area (Å²) in [5.41, 5.74) is 21.5. The molecule has 0 atom stereocenters. The van der Waals surface area contributed by atoms with Gasteiger partial charge in [0.2, 0.25) is 23.7 Å². The van der Waals surface area contributed by atoms with Crippen molar-refractivity contribution in [1.82, 2.24) is 28.9 Å². The minimum absolute atomic E-state index is 0.0850. The number of ether oxygens (including phenoxy) is 3. The summed E-state index contributed by atoms with van der Waals surface area (Å²) >= 11 is 0. The molecule has 0 unspecified atom stereocenters. The Balaban J connectivity index is 1.37. The number of hydrogen-bond donors (Lipinski definition) is 6. The van der Waals surface area contributed by atoms with E-state index >= 15 is 0 Å². The summed E-state index contributed by atoms with van der Waals surface area (Å²) in [4.78, 5) is 65.9. The van der Waals surface area contributed by atoms with E-state index in [2.05, 4.69) is 31.0 Å². The third-order valence-electron chi connectivity index (χ3n) is 9.93. The van der Waals surface area contributed by atoms with E-state index in [-0.39, 0.29) is 66.5 Å². The molecule has 20 heteroatoms. The van der Waals surface area contributed by atoms with Crippen LogP contribution in [-0.2, 0) is 24.4 Å².